The van der Waals surface area contributed by atoms with Crippen LogP contribution in [-0.4, -0.2) is 6.29 Å². The first kappa shape index (κ1) is 8.07. The maximum Gasteiger partial charge on any atom is 0.125 e. The Balaban J connectivity index is 2.37. The third-order valence-corrected chi connectivity index (χ3v) is 2.73. The van der Waals surface area contributed by atoms with Crippen molar-refractivity contribution in [2.45, 2.75) is 11.8 Å². The van der Waals surface area contributed by atoms with Gasteiger partial charge < -0.3 is 4.79 Å². The van der Waals surface area contributed by atoms with E-state index < -0.39 is 0 Å². The summed E-state index contributed by atoms with van der Waals surface area (Å²) in [6, 6.07) is 9.84. The van der Waals surface area contributed by atoms with E-state index in [0.29, 0.717) is 0 Å². The molecule has 1 fully saturated rings. The van der Waals surface area contributed by atoms with Crippen LogP contribution in [0.3, 0.4) is 0 Å². The second-order valence-electron chi connectivity index (χ2n) is 3.43. The van der Waals surface area contributed by atoms with Crippen molar-refractivity contribution < 1.29 is 4.79 Å². The summed E-state index contributed by atoms with van der Waals surface area (Å²) >= 11 is 0. The van der Waals surface area contributed by atoms with E-state index in [-0.39, 0.29) is 11.3 Å². The van der Waals surface area contributed by atoms with Gasteiger partial charge in [0.05, 0.1) is 5.41 Å². The molecule has 0 spiro atoms. The predicted molar refractivity (Wildman–Crippen MR) is 51.1 cm³/mol. The van der Waals surface area contributed by atoms with Crippen LogP contribution in [0, 0.1) is 18.3 Å². The lowest BCUT2D eigenvalue weighted by atomic mass is 9.95. The van der Waals surface area contributed by atoms with Crippen molar-refractivity contribution in [1.82, 2.24) is 0 Å². The van der Waals surface area contributed by atoms with Crippen molar-refractivity contribution in [3.05, 3.63) is 35.9 Å². The quantitative estimate of drug-likeness (QED) is 0.488. The number of rotatable bonds is 2. The number of carbonyl (C=O) groups is 1. The summed E-state index contributed by atoms with van der Waals surface area (Å²) in [7, 11) is 0. The van der Waals surface area contributed by atoms with Crippen LogP contribution in [0.5, 0.6) is 0 Å². The topological polar surface area (TPSA) is 17.1 Å². The van der Waals surface area contributed by atoms with Crippen molar-refractivity contribution in [2.75, 3.05) is 0 Å². The van der Waals surface area contributed by atoms with Crippen molar-refractivity contribution in [1.29, 1.82) is 0 Å². The van der Waals surface area contributed by atoms with Crippen LogP contribution in [-0.2, 0) is 10.2 Å². The molecule has 0 radical (unpaired) electrons. The molecule has 0 unspecified atom stereocenters. The smallest absolute Gasteiger partial charge is 0.125 e. The molecule has 64 valence electrons. The molecule has 2 atom stereocenters. The second-order valence-corrected chi connectivity index (χ2v) is 3.43. The van der Waals surface area contributed by atoms with Gasteiger partial charge in [-0.25, -0.2) is 0 Å². The maximum atomic E-state index is 10.6. The van der Waals surface area contributed by atoms with E-state index in [4.69, 9.17) is 6.42 Å². The lowest BCUT2D eigenvalue weighted by molar-refractivity contribution is -0.109. The third-order valence-electron chi connectivity index (χ3n) is 2.73. The lowest BCUT2D eigenvalue weighted by Gasteiger charge is -2.07. The van der Waals surface area contributed by atoms with Crippen LogP contribution in [0.1, 0.15) is 12.0 Å². The number of benzene rings is 1. The maximum absolute atomic E-state index is 10.6. The van der Waals surface area contributed by atoms with Crippen LogP contribution < -0.4 is 0 Å². The average Bonchev–Trinajstić information content (AvgIpc) is 2.94. The summed E-state index contributed by atoms with van der Waals surface area (Å²) in [6.45, 7) is 0. The molecule has 0 bridgehead atoms. The van der Waals surface area contributed by atoms with Gasteiger partial charge in [0.2, 0.25) is 0 Å². The molecular formula is C12H10O. The molecule has 2 rings (SSSR count). The highest BCUT2D eigenvalue weighted by molar-refractivity contribution is 5.67. The van der Waals surface area contributed by atoms with Gasteiger partial charge in [0, 0.05) is 5.92 Å². The summed E-state index contributed by atoms with van der Waals surface area (Å²) in [6.07, 6.45) is 7.23. The fourth-order valence-corrected chi connectivity index (χ4v) is 1.77. The van der Waals surface area contributed by atoms with Gasteiger partial charge in [-0.3, -0.25) is 0 Å². The first-order valence-corrected chi connectivity index (χ1v) is 4.32. The summed E-state index contributed by atoms with van der Waals surface area (Å²) in [4.78, 5) is 10.6. The van der Waals surface area contributed by atoms with Gasteiger partial charge in [-0.05, 0) is 12.0 Å². The van der Waals surface area contributed by atoms with E-state index in [1.807, 2.05) is 30.3 Å². The number of hydrogen-bond acceptors (Lipinski definition) is 1. The van der Waals surface area contributed by atoms with Crippen molar-refractivity contribution in [3.63, 3.8) is 0 Å². The minimum atomic E-state index is -0.289. The van der Waals surface area contributed by atoms with Gasteiger partial charge in [-0.2, -0.15) is 0 Å². The Labute approximate surface area is 77.8 Å². The monoisotopic (exact) mass is 170 g/mol. The normalized spacial score (nSPS) is 30.5. The van der Waals surface area contributed by atoms with E-state index in [1.165, 1.54) is 0 Å². The van der Waals surface area contributed by atoms with Crippen molar-refractivity contribution >= 4 is 6.29 Å². The Kier molecular flexibility index (Phi) is 1.70. The summed E-state index contributed by atoms with van der Waals surface area (Å²) in [5, 5.41) is 0. The number of terminal acetylenes is 1. The first-order chi connectivity index (χ1) is 6.33. The van der Waals surface area contributed by atoms with Gasteiger partial charge in [0.15, 0.2) is 0 Å². The molecule has 1 aromatic carbocycles. The number of aldehydes is 1. The summed E-state index contributed by atoms with van der Waals surface area (Å²) in [5.41, 5.74) is 0.804. The fourth-order valence-electron chi connectivity index (χ4n) is 1.77. The molecule has 0 heterocycles. The van der Waals surface area contributed by atoms with E-state index in [2.05, 4.69) is 5.92 Å². The van der Waals surface area contributed by atoms with Crippen LogP contribution in [0.15, 0.2) is 30.3 Å². The first-order valence-electron chi connectivity index (χ1n) is 4.32. The Hall–Kier alpha value is -1.55. The highest BCUT2D eigenvalue weighted by Crippen LogP contribution is 2.52. The Morgan fingerprint density at radius 3 is 2.62 bits per heavy atom. The minimum absolute atomic E-state index is 0.0277. The van der Waals surface area contributed by atoms with E-state index >= 15 is 0 Å². The highest BCUT2D eigenvalue weighted by Gasteiger charge is 2.54. The molecule has 0 amide bonds. The molecule has 0 N–H and O–H groups in total. The largest absolute Gasteiger partial charge is 0.303 e. The zero-order valence-electron chi connectivity index (χ0n) is 7.23. The molecule has 1 saturated carbocycles. The van der Waals surface area contributed by atoms with Gasteiger partial charge in [0.1, 0.15) is 6.29 Å². The SMILES string of the molecule is C#C[C@@]1(c2ccccc2)C[C@@H]1C=O. The zero-order chi connectivity index (χ0) is 9.31. The van der Waals surface area contributed by atoms with Crippen LogP contribution in [0.4, 0.5) is 0 Å². The van der Waals surface area contributed by atoms with Crippen molar-refractivity contribution in [2.24, 2.45) is 5.92 Å². The standard InChI is InChI=1S/C12H10O/c1-2-12(8-11(12)9-13)10-6-4-3-5-7-10/h1,3-7,9,11H,8H2/t11-,12+/m1/s1. The predicted octanol–water partition coefficient (Wildman–Crippen LogP) is 1.78. The molecule has 1 aliphatic rings. The Bertz CT molecular complexity index is 360. The van der Waals surface area contributed by atoms with Crippen LogP contribution >= 0.6 is 0 Å². The van der Waals surface area contributed by atoms with Gasteiger partial charge >= 0.3 is 0 Å². The lowest BCUT2D eigenvalue weighted by Crippen LogP contribution is -2.07. The molecule has 1 aliphatic carbocycles. The summed E-state index contributed by atoms with van der Waals surface area (Å²) in [5.74, 6) is 2.77. The molecule has 13 heavy (non-hydrogen) atoms. The second kappa shape index (κ2) is 2.74. The molecule has 0 aliphatic heterocycles. The molecule has 1 aromatic rings. The number of hydrogen-bond donors (Lipinski definition) is 0. The summed E-state index contributed by atoms with van der Waals surface area (Å²) < 4.78 is 0. The molecule has 1 nitrogen and oxygen atoms in total. The Morgan fingerprint density at radius 1 is 1.46 bits per heavy atom. The average molecular weight is 170 g/mol. The van der Waals surface area contributed by atoms with Gasteiger partial charge in [0.25, 0.3) is 0 Å². The van der Waals surface area contributed by atoms with Crippen LogP contribution in [0.25, 0.3) is 0 Å². The van der Waals surface area contributed by atoms with E-state index in [9.17, 15) is 4.79 Å². The zero-order valence-corrected chi connectivity index (χ0v) is 7.23. The number of carbonyl (C=O) groups excluding carboxylic acids is 1. The minimum Gasteiger partial charge on any atom is -0.303 e. The molecular weight excluding hydrogens is 160 g/mol. The fraction of sp³-hybridized carbons (Fsp3) is 0.250. The molecule has 0 aromatic heterocycles. The van der Waals surface area contributed by atoms with E-state index in [0.717, 1.165) is 18.3 Å². The molecule has 1 heteroatoms. The van der Waals surface area contributed by atoms with E-state index in [1.54, 1.807) is 0 Å². The van der Waals surface area contributed by atoms with Crippen molar-refractivity contribution in [3.8, 4) is 12.3 Å². The van der Waals surface area contributed by atoms with Gasteiger partial charge in [-0.15, -0.1) is 6.42 Å². The van der Waals surface area contributed by atoms with Gasteiger partial charge in [-0.1, -0.05) is 36.3 Å². The highest BCUT2D eigenvalue weighted by atomic mass is 16.1. The third kappa shape index (κ3) is 1.07. The van der Waals surface area contributed by atoms with Crippen LogP contribution in [0.2, 0.25) is 0 Å². The Morgan fingerprint density at radius 2 is 2.15 bits per heavy atom. The molecule has 0 saturated heterocycles.